The van der Waals surface area contributed by atoms with Crippen LogP contribution in [-0.2, 0) is 13.0 Å². The minimum Gasteiger partial charge on any atom is -0.493 e. The Labute approximate surface area is 127 Å². The second-order valence-corrected chi connectivity index (χ2v) is 6.03. The van der Waals surface area contributed by atoms with Crippen molar-refractivity contribution in [1.29, 1.82) is 0 Å². The molecule has 1 aromatic carbocycles. The van der Waals surface area contributed by atoms with Gasteiger partial charge in [-0.05, 0) is 30.7 Å². The standard InChI is InChI=1S/C17H26ClNO/c1-2-3-4-5-6-7-9-19-13-15-12-16(18)11-14-8-10-20-17(14)15/h11-12,19H,2-10,13H2,1H3. The Morgan fingerprint density at radius 2 is 1.95 bits per heavy atom. The lowest BCUT2D eigenvalue weighted by Gasteiger charge is -2.10. The van der Waals surface area contributed by atoms with Crippen LogP contribution in [0.4, 0.5) is 0 Å². The van der Waals surface area contributed by atoms with E-state index >= 15 is 0 Å². The van der Waals surface area contributed by atoms with Gasteiger partial charge in [-0.2, -0.15) is 0 Å². The van der Waals surface area contributed by atoms with Gasteiger partial charge in [0.25, 0.3) is 0 Å². The zero-order chi connectivity index (χ0) is 14.2. The molecule has 0 radical (unpaired) electrons. The van der Waals surface area contributed by atoms with E-state index in [0.717, 1.165) is 36.9 Å². The first-order valence-electron chi connectivity index (χ1n) is 7.96. The van der Waals surface area contributed by atoms with Gasteiger partial charge < -0.3 is 10.1 Å². The van der Waals surface area contributed by atoms with Crippen molar-refractivity contribution in [3.63, 3.8) is 0 Å². The fourth-order valence-electron chi connectivity index (χ4n) is 2.73. The molecular formula is C17H26ClNO. The van der Waals surface area contributed by atoms with Crippen molar-refractivity contribution in [1.82, 2.24) is 5.32 Å². The SMILES string of the molecule is CCCCCCCCNCc1cc(Cl)cc2c1OCC2. The molecule has 0 amide bonds. The van der Waals surface area contributed by atoms with E-state index in [4.69, 9.17) is 16.3 Å². The van der Waals surface area contributed by atoms with Crippen molar-refractivity contribution in [3.05, 3.63) is 28.3 Å². The van der Waals surface area contributed by atoms with Crippen molar-refractivity contribution < 1.29 is 4.74 Å². The molecule has 1 aliphatic rings. The van der Waals surface area contributed by atoms with Gasteiger partial charge in [-0.1, -0.05) is 50.6 Å². The van der Waals surface area contributed by atoms with E-state index < -0.39 is 0 Å². The number of ether oxygens (including phenoxy) is 1. The highest BCUT2D eigenvalue weighted by atomic mass is 35.5. The third-order valence-electron chi connectivity index (χ3n) is 3.85. The van der Waals surface area contributed by atoms with Gasteiger partial charge in [0.15, 0.2) is 0 Å². The number of hydrogen-bond acceptors (Lipinski definition) is 2. The summed E-state index contributed by atoms with van der Waals surface area (Å²) in [6.45, 7) is 4.98. The Morgan fingerprint density at radius 3 is 2.80 bits per heavy atom. The molecule has 0 aliphatic carbocycles. The summed E-state index contributed by atoms with van der Waals surface area (Å²) in [6, 6.07) is 4.06. The topological polar surface area (TPSA) is 21.3 Å². The molecule has 0 atom stereocenters. The summed E-state index contributed by atoms with van der Waals surface area (Å²) in [5.74, 6) is 1.06. The molecule has 2 rings (SSSR count). The second kappa shape index (κ2) is 8.53. The van der Waals surface area contributed by atoms with Crippen molar-refractivity contribution in [2.75, 3.05) is 13.2 Å². The molecule has 20 heavy (non-hydrogen) atoms. The number of halogens is 1. The maximum Gasteiger partial charge on any atom is 0.127 e. The lowest BCUT2D eigenvalue weighted by molar-refractivity contribution is 0.352. The van der Waals surface area contributed by atoms with E-state index in [2.05, 4.69) is 12.2 Å². The quantitative estimate of drug-likeness (QED) is 0.665. The molecule has 2 nitrogen and oxygen atoms in total. The third kappa shape index (κ3) is 4.68. The van der Waals surface area contributed by atoms with E-state index in [1.165, 1.54) is 49.7 Å². The molecule has 112 valence electrons. The number of benzene rings is 1. The van der Waals surface area contributed by atoms with Crippen molar-refractivity contribution >= 4 is 11.6 Å². The number of hydrogen-bond donors (Lipinski definition) is 1. The minimum atomic E-state index is 0.792. The molecule has 1 N–H and O–H groups in total. The van der Waals surface area contributed by atoms with E-state index in [0.29, 0.717) is 0 Å². The first-order valence-corrected chi connectivity index (χ1v) is 8.34. The number of fused-ring (bicyclic) bond motifs is 1. The van der Waals surface area contributed by atoms with Crippen molar-refractivity contribution in [2.24, 2.45) is 0 Å². The Kier molecular flexibility index (Phi) is 6.68. The summed E-state index contributed by atoms with van der Waals surface area (Å²) in [5, 5.41) is 4.34. The molecule has 1 aliphatic heterocycles. The molecule has 0 fully saturated rings. The van der Waals surface area contributed by atoms with Crippen LogP contribution in [-0.4, -0.2) is 13.2 Å². The number of unbranched alkanes of at least 4 members (excludes halogenated alkanes) is 5. The van der Waals surface area contributed by atoms with Crippen LogP contribution in [0.5, 0.6) is 5.75 Å². The molecule has 0 bridgehead atoms. The van der Waals surface area contributed by atoms with Crippen molar-refractivity contribution in [3.8, 4) is 5.75 Å². The third-order valence-corrected chi connectivity index (χ3v) is 4.07. The molecule has 0 unspecified atom stereocenters. The highest BCUT2D eigenvalue weighted by Gasteiger charge is 2.16. The second-order valence-electron chi connectivity index (χ2n) is 5.60. The Hall–Kier alpha value is -0.730. The van der Waals surface area contributed by atoms with E-state index in [-0.39, 0.29) is 0 Å². The summed E-state index contributed by atoms with van der Waals surface area (Å²) in [5.41, 5.74) is 2.46. The predicted molar refractivity (Wildman–Crippen MR) is 85.7 cm³/mol. The molecule has 0 aromatic heterocycles. The van der Waals surface area contributed by atoms with Gasteiger partial charge in [0.2, 0.25) is 0 Å². The molecule has 0 spiro atoms. The predicted octanol–water partition coefficient (Wildman–Crippen LogP) is 4.73. The number of nitrogens with one attached hydrogen (secondary N) is 1. The summed E-state index contributed by atoms with van der Waals surface area (Å²) in [6.07, 6.45) is 9.01. The van der Waals surface area contributed by atoms with Gasteiger partial charge in [-0.15, -0.1) is 0 Å². The molecule has 0 saturated carbocycles. The number of rotatable bonds is 9. The average Bonchev–Trinajstić information content (AvgIpc) is 2.89. The molecular weight excluding hydrogens is 270 g/mol. The minimum absolute atomic E-state index is 0.792. The van der Waals surface area contributed by atoms with E-state index in [9.17, 15) is 0 Å². The monoisotopic (exact) mass is 295 g/mol. The van der Waals surface area contributed by atoms with Crippen LogP contribution in [0.2, 0.25) is 5.02 Å². The smallest absolute Gasteiger partial charge is 0.127 e. The molecule has 1 heterocycles. The first-order chi connectivity index (χ1) is 9.81. The van der Waals surface area contributed by atoms with Gasteiger partial charge in [0.05, 0.1) is 6.61 Å². The van der Waals surface area contributed by atoms with E-state index in [1.54, 1.807) is 0 Å². The van der Waals surface area contributed by atoms with Crippen LogP contribution in [0.25, 0.3) is 0 Å². The van der Waals surface area contributed by atoms with Gasteiger partial charge in [0.1, 0.15) is 5.75 Å². The van der Waals surface area contributed by atoms with Crippen LogP contribution in [0.3, 0.4) is 0 Å². The molecule has 3 heteroatoms. The highest BCUT2D eigenvalue weighted by molar-refractivity contribution is 6.30. The fraction of sp³-hybridized carbons (Fsp3) is 0.647. The van der Waals surface area contributed by atoms with Gasteiger partial charge in [0, 0.05) is 23.6 Å². The largest absolute Gasteiger partial charge is 0.493 e. The lowest BCUT2D eigenvalue weighted by atomic mass is 10.1. The van der Waals surface area contributed by atoms with Crippen LogP contribution in [0, 0.1) is 0 Å². The zero-order valence-corrected chi connectivity index (χ0v) is 13.3. The Balaban J connectivity index is 1.67. The molecule has 0 saturated heterocycles. The van der Waals surface area contributed by atoms with Crippen LogP contribution < -0.4 is 10.1 Å². The van der Waals surface area contributed by atoms with Crippen LogP contribution in [0.15, 0.2) is 12.1 Å². The highest BCUT2D eigenvalue weighted by Crippen LogP contribution is 2.32. The Bertz CT molecular complexity index is 420. The maximum absolute atomic E-state index is 6.16. The van der Waals surface area contributed by atoms with Gasteiger partial charge >= 0.3 is 0 Å². The van der Waals surface area contributed by atoms with Gasteiger partial charge in [-0.25, -0.2) is 0 Å². The lowest BCUT2D eigenvalue weighted by Crippen LogP contribution is -2.15. The zero-order valence-electron chi connectivity index (χ0n) is 12.5. The average molecular weight is 296 g/mol. The first kappa shape index (κ1) is 15.7. The normalized spacial score (nSPS) is 13.3. The van der Waals surface area contributed by atoms with Crippen molar-refractivity contribution in [2.45, 2.75) is 58.4 Å². The fourth-order valence-corrected chi connectivity index (χ4v) is 2.99. The summed E-state index contributed by atoms with van der Waals surface area (Å²) in [4.78, 5) is 0. The maximum atomic E-state index is 6.16. The molecule has 1 aromatic rings. The van der Waals surface area contributed by atoms with Crippen LogP contribution in [0.1, 0.15) is 56.6 Å². The van der Waals surface area contributed by atoms with Gasteiger partial charge in [-0.3, -0.25) is 0 Å². The summed E-state index contributed by atoms with van der Waals surface area (Å²) in [7, 11) is 0. The van der Waals surface area contributed by atoms with E-state index in [1.807, 2.05) is 12.1 Å². The Morgan fingerprint density at radius 1 is 1.15 bits per heavy atom. The summed E-state index contributed by atoms with van der Waals surface area (Å²) >= 11 is 6.16. The summed E-state index contributed by atoms with van der Waals surface area (Å²) < 4.78 is 5.71. The van der Waals surface area contributed by atoms with Crippen LogP contribution >= 0.6 is 11.6 Å².